The van der Waals surface area contributed by atoms with Gasteiger partial charge in [-0.3, -0.25) is 14.2 Å². The normalized spacial score (nSPS) is 14.0. The van der Waals surface area contributed by atoms with Crippen LogP contribution in [0, 0.1) is 0 Å². The molecular weight excluding hydrogens is 367 g/mol. The molecule has 0 amide bonds. The van der Waals surface area contributed by atoms with Gasteiger partial charge in [0.15, 0.2) is 18.2 Å². The first-order chi connectivity index (χ1) is 12.2. The Bertz CT molecular complexity index is 663. The predicted molar refractivity (Wildman–Crippen MR) is 92.1 cm³/mol. The molecular formula is C15H23N2O8P. The van der Waals surface area contributed by atoms with Crippen LogP contribution in [0.4, 0.5) is 0 Å². The number of phenolic OH excluding ortho intramolecular Hbond substituents is 1. The molecule has 2 atom stereocenters. The highest BCUT2D eigenvalue weighted by Gasteiger charge is 2.28. The van der Waals surface area contributed by atoms with Gasteiger partial charge in [0.25, 0.3) is 0 Å². The first-order valence-electron chi connectivity index (χ1n) is 7.72. The average Bonchev–Trinajstić information content (AvgIpc) is 2.58. The highest BCUT2D eigenvalue weighted by molar-refractivity contribution is 7.60. The number of nitrogens with two attached hydrogens (primary N) is 2. The van der Waals surface area contributed by atoms with E-state index in [9.17, 15) is 29.0 Å². The molecule has 0 aromatic heterocycles. The van der Waals surface area contributed by atoms with E-state index in [0.717, 1.165) is 6.07 Å². The van der Waals surface area contributed by atoms with Gasteiger partial charge in [0.2, 0.25) is 0 Å². The minimum atomic E-state index is -4.68. The Labute approximate surface area is 150 Å². The van der Waals surface area contributed by atoms with Crippen molar-refractivity contribution in [3.05, 3.63) is 23.8 Å². The number of phenols is 1. The fourth-order valence-corrected chi connectivity index (χ4v) is 2.99. The van der Waals surface area contributed by atoms with Crippen molar-refractivity contribution < 1.29 is 38.5 Å². The topological polar surface area (TPSA) is 182 Å². The quantitative estimate of drug-likeness (QED) is 0.118. The lowest BCUT2D eigenvalue weighted by atomic mass is 10.0. The molecule has 1 aromatic carbocycles. The van der Waals surface area contributed by atoms with Gasteiger partial charge in [-0.25, -0.2) is 0 Å². The number of carbonyl (C=O) groups is 2. The van der Waals surface area contributed by atoms with Crippen LogP contribution in [0.25, 0.3) is 0 Å². The van der Waals surface area contributed by atoms with Gasteiger partial charge >= 0.3 is 7.60 Å². The van der Waals surface area contributed by atoms with E-state index in [1.807, 2.05) is 0 Å². The van der Waals surface area contributed by atoms with Crippen molar-refractivity contribution in [3.63, 3.8) is 0 Å². The van der Waals surface area contributed by atoms with Crippen LogP contribution in [0.1, 0.15) is 5.56 Å². The summed E-state index contributed by atoms with van der Waals surface area (Å²) in [6.45, 7) is 0.767. The minimum Gasteiger partial charge on any atom is -0.508 e. The average molecular weight is 390 g/mol. The lowest BCUT2D eigenvalue weighted by Crippen LogP contribution is -2.43. The number of hydrogen-bond donors (Lipinski definition) is 5. The first kappa shape index (κ1) is 22.4. The van der Waals surface area contributed by atoms with Crippen molar-refractivity contribution in [2.24, 2.45) is 11.5 Å². The maximum absolute atomic E-state index is 12.2. The Kier molecular flexibility index (Phi) is 9.03. The summed E-state index contributed by atoms with van der Waals surface area (Å²) in [6, 6.07) is 2.16. The lowest BCUT2D eigenvalue weighted by Gasteiger charge is -2.18. The van der Waals surface area contributed by atoms with Gasteiger partial charge < -0.3 is 35.8 Å². The molecule has 0 radical (unpaired) electrons. The summed E-state index contributed by atoms with van der Waals surface area (Å²) in [4.78, 5) is 42.0. The maximum Gasteiger partial charge on any atom is 0.356 e. The van der Waals surface area contributed by atoms with Crippen molar-refractivity contribution in [1.82, 2.24) is 0 Å². The number of benzene rings is 1. The smallest absolute Gasteiger partial charge is 0.356 e. The fraction of sp³-hybridized carbons (Fsp3) is 0.467. The molecule has 0 aliphatic rings. The molecule has 0 heterocycles. The molecule has 0 aliphatic heterocycles. The molecule has 26 heavy (non-hydrogen) atoms. The Hall–Kier alpha value is -1.65. The van der Waals surface area contributed by atoms with E-state index in [-0.39, 0.29) is 30.9 Å². The fourth-order valence-electron chi connectivity index (χ4n) is 2.15. The molecule has 0 aliphatic carbocycles. The number of ether oxygens (including phenoxy) is 2. The highest BCUT2D eigenvalue weighted by atomic mass is 31.2. The van der Waals surface area contributed by atoms with Crippen LogP contribution < -0.4 is 16.8 Å². The molecule has 0 saturated carbocycles. The summed E-state index contributed by atoms with van der Waals surface area (Å²) in [6.07, 6.45) is -1.36. The van der Waals surface area contributed by atoms with Crippen molar-refractivity contribution in [3.8, 4) is 5.75 Å². The largest absolute Gasteiger partial charge is 0.508 e. The third-order valence-corrected chi connectivity index (χ3v) is 4.42. The summed E-state index contributed by atoms with van der Waals surface area (Å²) in [5.74, 6) is -1.07. The Morgan fingerprint density at radius 1 is 1.27 bits per heavy atom. The molecule has 0 spiro atoms. The lowest BCUT2D eigenvalue weighted by molar-refractivity contribution is -0.138. The Balaban J connectivity index is 2.77. The zero-order valence-corrected chi connectivity index (χ0v) is 14.9. The second kappa shape index (κ2) is 10.5. The van der Waals surface area contributed by atoms with Crippen molar-refractivity contribution >= 4 is 25.0 Å². The standard InChI is InChI=1S/C15H23N2O8P/c16-3-4-24-5-6-25-13(9-18)15(20)12(17)7-10-1-2-11(19)8-14(10)26(21,22)23/h1-2,8-9,12-13,19H,3-7,16-17H2,(H2,21,22,23)/t12-,13?/m0/s1. The van der Waals surface area contributed by atoms with Crippen molar-refractivity contribution in [2.45, 2.75) is 18.6 Å². The summed E-state index contributed by atoms with van der Waals surface area (Å²) < 4.78 is 21.7. The van der Waals surface area contributed by atoms with Crippen LogP contribution in [-0.4, -0.2) is 65.5 Å². The number of rotatable bonds is 12. The van der Waals surface area contributed by atoms with Gasteiger partial charge in [-0.05, 0) is 24.1 Å². The van der Waals surface area contributed by atoms with Gasteiger partial charge in [-0.2, -0.15) is 0 Å². The summed E-state index contributed by atoms with van der Waals surface area (Å²) in [5.41, 5.74) is 11.1. The Morgan fingerprint density at radius 2 is 1.96 bits per heavy atom. The van der Waals surface area contributed by atoms with E-state index < -0.39 is 30.8 Å². The number of aldehydes is 1. The molecule has 1 rings (SSSR count). The van der Waals surface area contributed by atoms with Crippen LogP contribution in [0.3, 0.4) is 0 Å². The predicted octanol–water partition coefficient (Wildman–Crippen LogP) is -1.81. The molecule has 7 N–H and O–H groups in total. The number of hydrogen-bond acceptors (Lipinski definition) is 8. The summed E-state index contributed by atoms with van der Waals surface area (Å²) in [5, 5.41) is 8.97. The molecule has 146 valence electrons. The van der Waals surface area contributed by atoms with E-state index in [1.165, 1.54) is 12.1 Å². The van der Waals surface area contributed by atoms with E-state index in [0.29, 0.717) is 19.4 Å². The maximum atomic E-state index is 12.2. The van der Waals surface area contributed by atoms with E-state index >= 15 is 0 Å². The van der Waals surface area contributed by atoms with Crippen LogP contribution in [0.5, 0.6) is 5.75 Å². The molecule has 10 nitrogen and oxygen atoms in total. The van der Waals surface area contributed by atoms with Gasteiger partial charge in [0.1, 0.15) is 5.75 Å². The van der Waals surface area contributed by atoms with Crippen LogP contribution in [0.2, 0.25) is 0 Å². The van der Waals surface area contributed by atoms with Crippen molar-refractivity contribution in [2.75, 3.05) is 26.4 Å². The molecule has 0 bridgehead atoms. The number of carbonyl (C=O) groups excluding carboxylic acids is 2. The number of Topliss-reactive ketones (excluding diaryl/α,β-unsaturated/α-hetero) is 1. The van der Waals surface area contributed by atoms with Gasteiger partial charge in [0.05, 0.1) is 31.2 Å². The SMILES string of the molecule is NCCOCCOC(C=O)C(=O)[C@@H](N)Cc1ccc(O)cc1P(=O)(O)O. The molecule has 1 unspecified atom stereocenters. The van der Waals surface area contributed by atoms with Gasteiger partial charge in [-0.15, -0.1) is 0 Å². The molecule has 0 fully saturated rings. The minimum absolute atomic E-state index is 0.0190. The summed E-state index contributed by atoms with van der Waals surface area (Å²) in [7, 11) is -4.68. The van der Waals surface area contributed by atoms with Crippen LogP contribution in [-0.2, 0) is 30.0 Å². The third kappa shape index (κ3) is 6.93. The third-order valence-electron chi connectivity index (χ3n) is 3.38. The number of ketones is 1. The monoisotopic (exact) mass is 390 g/mol. The summed E-state index contributed by atoms with van der Waals surface area (Å²) >= 11 is 0. The molecule has 11 heteroatoms. The van der Waals surface area contributed by atoms with Gasteiger partial charge in [-0.1, -0.05) is 6.07 Å². The Morgan fingerprint density at radius 3 is 2.54 bits per heavy atom. The van der Waals surface area contributed by atoms with E-state index in [2.05, 4.69) is 0 Å². The van der Waals surface area contributed by atoms with Crippen molar-refractivity contribution in [1.29, 1.82) is 0 Å². The van der Waals surface area contributed by atoms with Crippen LogP contribution >= 0.6 is 7.60 Å². The second-order valence-corrected chi connectivity index (χ2v) is 6.97. The zero-order chi connectivity index (χ0) is 19.7. The molecule has 0 saturated heterocycles. The second-order valence-electron chi connectivity index (χ2n) is 5.40. The van der Waals surface area contributed by atoms with Crippen LogP contribution in [0.15, 0.2) is 18.2 Å². The van der Waals surface area contributed by atoms with E-state index in [1.54, 1.807) is 0 Å². The first-order valence-corrected chi connectivity index (χ1v) is 9.34. The highest BCUT2D eigenvalue weighted by Crippen LogP contribution is 2.36. The molecule has 1 aromatic rings. The zero-order valence-electron chi connectivity index (χ0n) is 14.0. The number of aromatic hydroxyl groups is 1. The van der Waals surface area contributed by atoms with Gasteiger partial charge in [0, 0.05) is 6.54 Å². The van der Waals surface area contributed by atoms with E-state index in [4.69, 9.17) is 20.9 Å².